The number of halogens is 1. The van der Waals surface area contributed by atoms with Crippen LogP contribution in [0.1, 0.15) is 57.8 Å². The molecule has 19 heavy (non-hydrogen) atoms. The lowest BCUT2D eigenvalue weighted by atomic mass is 9.81. The number of carbonyl (C=O) groups is 1. The first-order valence-electron chi connectivity index (χ1n) is 7.25. The lowest BCUT2D eigenvalue weighted by Crippen LogP contribution is -2.55. The number of nitrogens with zero attached hydrogens (tertiary/aromatic N) is 1. The summed E-state index contributed by atoms with van der Waals surface area (Å²) in [5.41, 5.74) is 5.68. The smallest absolute Gasteiger partial charge is 0.242 e. The van der Waals surface area contributed by atoms with Crippen LogP contribution in [0.4, 0.5) is 0 Å². The van der Waals surface area contributed by atoms with Crippen LogP contribution < -0.4 is 5.73 Å². The van der Waals surface area contributed by atoms with E-state index in [9.17, 15) is 4.79 Å². The number of likely N-dealkylation sites (N-methyl/N-ethyl adjacent to an activating group) is 1. The third-order valence-corrected chi connectivity index (χ3v) is 3.92. The second kappa shape index (κ2) is 9.38. The van der Waals surface area contributed by atoms with Crippen LogP contribution in [0.15, 0.2) is 12.7 Å². The van der Waals surface area contributed by atoms with Crippen molar-refractivity contribution < 1.29 is 4.79 Å². The Labute approximate surface area is 124 Å². The van der Waals surface area contributed by atoms with E-state index in [2.05, 4.69) is 6.58 Å². The van der Waals surface area contributed by atoms with E-state index in [-0.39, 0.29) is 18.3 Å². The topological polar surface area (TPSA) is 46.3 Å². The number of hydrogen-bond donors (Lipinski definition) is 1. The van der Waals surface area contributed by atoms with E-state index in [1.54, 1.807) is 0 Å². The molecule has 0 atom stereocenters. The fraction of sp³-hybridized carbons (Fsp3) is 0.800. The Morgan fingerprint density at radius 1 is 1.26 bits per heavy atom. The van der Waals surface area contributed by atoms with Gasteiger partial charge in [-0.2, -0.15) is 0 Å². The van der Waals surface area contributed by atoms with Crippen molar-refractivity contribution in [2.45, 2.75) is 63.3 Å². The van der Waals surface area contributed by atoms with Gasteiger partial charge in [-0.25, -0.2) is 0 Å². The maximum atomic E-state index is 12.3. The van der Waals surface area contributed by atoms with Gasteiger partial charge in [0.05, 0.1) is 5.54 Å². The minimum atomic E-state index is -0.575. The molecule has 1 aliphatic rings. The third kappa shape index (κ3) is 5.96. The fourth-order valence-electron chi connectivity index (χ4n) is 2.69. The lowest BCUT2D eigenvalue weighted by Gasteiger charge is -2.35. The lowest BCUT2D eigenvalue weighted by molar-refractivity contribution is -0.137. The molecule has 4 heteroatoms. The first-order chi connectivity index (χ1) is 8.60. The Balaban J connectivity index is 0.00000324. The Bertz CT molecular complexity index is 275. The summed E-state index contributed by atoms with van der Waals surface area (Å²) in [5, 5.41) is 0. The summed E-state index contributed by atoms with van der Waals surface area (Å²) in [6.07, 6.45) is 11.5. The molecule has 112 valence electrons. The van der Waals surface area contributed by atoms with Crippen LogP contribution in [0.2, 0.25) is 0 Å². The molecule has 0 bridgehead atoms. The standard InChI is InChI=1S/C15H28N2O.ClH/c1-3-4-5-6-10-13-17(2)14(18)15(16)11-8-7-9-12-15;/h3H,1,4-13,16H2,2H3;1H. The number of amides is 1. The van der Waals surface area contributed by atoms with Crippen molar-refractivity contribution in [2.75, 3.05) is 13.6 Å². The maximum Gasteiger partial charge on any atom is 0.242 e. The summed E-state index contributed by atoms with van der Waals surface area (Å²) in [4.78, 5) is 14.2. The van der Waals surface area contributed by atoms with E-state index in [4.69, 9.17) is 5.73 Å². The van der Waals surface area contributed by atoms with Crippen LogP contribution >= 0.6 is 12.4 Å². The van der Waals surface area contributed by atoms with Gasteiger partial charge >= 0.3 is 0 Å². The SMILES string of the molecule is C=CCCCCCN(C)C(=O)C1(N)CCCCC1.Cl. The van der Waals surface area contributed by atoms with Crippen molar-refractivity contribution in [1.29, 1.82) is 0 Å². The summed E-state index contributed by atoms with van der Waals surface area (Å²) < 4.78 is 0. The van der Waals surface area contributed by atoms with Crippen molar-refractivity contribution in [1.82, 2.24) is 4.90 Å². The molecule has 0 unspecified atom stereocenters. The zero-order chi connectivity index (χ0) is 13.4. The average Bonchev–Trinajstić information content (AvgIpc) is 2.38. The number of carbonyl (C=O) groups excluding carboxylic acids is 1. The maximum absolute atomic E-state index is 12.3. The molecule has 0 saturated heterocycles. The molecule has 0 aromatic carbocycles. The quantitative estimate of drug-likeness (QED) is 0.577. The largest absolute Gasteiger partial charge is 0.344 e. The molecule has 0 heterocycles. The highest BCUT2D eigenvalue weighted by Gasteiger charge is 2.36. The van der Waals surface area contributed by atoms with Gasteiger partial charge in [-0.3, -0.25) is 4.79 Å². The number of hydrogen-bond acceptors (Lipinski definition) is 2. The molecule has 2 N–H and O–H groups in total. The Hall–Kier alpha value is -0.540. The van der Waals surface area contributed by atoms with Crippen LogP contribution in [0, 0.1) is 0 Å². The zero-order valence-corrected chi connectivity index (χ0v) is 13.0. The second-order valence-corrected chi connectivity index (χ2v) is 5.58. The van der Waals surface area contributed by atoms with Crippen LogP contribution in [-0.2, 0) is 4.79 Å². The minimum Gasteiger partial charge on any atom is -0.344 e. The number of allylic oxidation sites excluding steroid dienone is 1. The minimum absolute atomic E-state index is 0. The summed E-state index contributed by atoms with van der Waals surface area (Å²) in [5.74, 6) is 0.144. The van der Waals surface area contributed by atoms with Crippen molar-refractivity contribution in [3.63, 3.8) is 0 Å². The van der Waals surface area contributed by atoms with Crippen LogP contribution in [0.5, 0.6) is 0 Å². The third-order valence-electron chi connectivity index (χ3n) is 3.92. The first kappa shape index (κ1) is 18.5. The van der Waals surface area contributed by atoms with E-state index in [0.29, 0.717) is 0 Å². The van der Waals surface area contributed by atoms with E-state index in [1.165, 1.54) is 12.8 Å². The highest BCUT2D eigenvalue weighted by atomic mass is 35.5. The van der Waals surface area contributed by atoms with Gasteiger partial charge in [-0.1, -0.05) is 31.8 Å². The van der Waals surface area contributed by atoms with Gasteiger partial charge in [0.2, 0.25) is 5.91 Å². The predicted octanol–water partition coefficient (Wildman–Crippen LogP) is 3.27. The summed E-state index contributed by atoms with van der Waals surface area (Å²) in [6.45, 7) is 4.54. The summed E-state index contributed by atoms with van der Waals surface area (Å²) in [7, 11) is 1.89. The van der Waals surface area contributed by atoms with Gasteiger partial charge in [0, 0.05) is 13.6 Å². The van der Waals surface area contributed by atoms with Crippen LogP contribution in [-0.4, -0.2) is 29.9 Å². The predicted molar refractivity (Wildman–Crippen MR) is 83.6 cm³/mol. The van der Waals surface area contributed by atoms with E-state index < -0.39 is 5.54 Å². The number of nitrogens with two attached hydrogens (primary N) is 1. The second-order valence-electron chi connectivity index (χ2n) is 5.58. The molecule has 3 nitrogen and oxygen atoms in total. The molecule has 0 spiro atoms. The van der Waals surface area contributed by atoms with Crippen molar-refractivity contribution in [2.24, 2.45) is 5.73 Å². The van der Waals surface area contributed by atoms with Gasteiger partial charge in [0.15, 0.2) is 0 Å². The highest BCUT2D eigenvalue weighted by molar-refractivity contribution is 5.86. The first-order valence-corrected chi connectivity index (χ1v) is 7.25. The van der Waals surface area contributed by atoms with Crippen molar-refractivity contribution in [3.05, 3.63) is 12.7 Å². The van der Waals surface area contributed by atoms with Gasteiger partial charge in [0.25, 0.3) is 0 Å². The monoisotopic (exact) mass is 288 g/mol. The van der Waals surface area contributed by atoms with Gasteiger partial charge in [-0.05, 0) is 32.1 Å². The molecule has 1 rings (SSSR count). The number of rotatable bonds is 7. The molecular formula is C15H29ClN2O. The Kier molecular flexibility index (Phi) is 9.11. The van der Waals surface area contributed by atoms with Crippen molar-refractivity contribution in [3.8, 4) is 0 Å². The zero-order valence-electron chi connectivity index (χ0n) is 12.2. The van der Waals surface area contributed by atoms with E-state index in [0.717, 1.165) is 51.5 Å². The molecule has 0 aliphatic heterocycles. The summed E-state index contributed by atoms with van der Waals surface area (Å²) >= 11 is 0. The Morgan fingerprint density at radius 3 is 2.47 bits per heavy atom. The molecule has 1 aliphatic carbocycles. The van der Waals surface area contributed by atoms with E-state index >= 15 is 0 Å². The fourth-order valence-corrected chi connectivity index (χ4v) is 2.69. The molecular weight excluding hydrogens is 260 g/mol. The molecule has 0 aromatic heterocycles. The normalized spacial score (nSPS) is 17.4. The molecule has 0 radical (unpaired) electrons. The van der Waals surface area contributed by atoms with Crippen LogP contribution in [0.25, 0.3) is 0 Å². The van der Waals surface area contributed by atoms with Gasteiger partial charge in [0.1, 0.15) is 0 Å². The van der Waals surface area contributed by atoms with Gasteiger partial charge in [-0.15, -0.1) is 19.0 Å². The van der Waals surface area contributed by atoms with Gasteiger partial charge < -0.3 is 10.6 Å². The van der Waals surface area contributed by atoms with E-state index in [1.807, 2.05) is 18.0 Å². The number of unbranched alkanes of at least 4 members (excludes halogenated alkanes) is 3. The summed E-state index contributed by atoms with van der Waals surface area (Å²) in [6, 6.07) is 0. The molecule has 1 amide bonds. The van der Waals surface area contributed by atoms with Crippen molar-refractivity contribution >= 4 is 18.3 Å². The highest BCUT2D eigenvalue weighted by Crippen LogP contribution is 2.27. The van der Waals surface area contributed by atoms with Crippen LogP contribution in [0.3, 0.4) is 0 Å². The molecule has 1 fully saturated rings. The Morgan fingerprint density at radius 2 is 1.89 bits per heavy atom. The molecule has 1 saturated carbocycles. The molecule has 0 aromatic rings. The average molecular weight is 289 g/mol.